The third-order valence-electron chi connectivity index (χ3n) is 9.48. The molecule has 0 aliphatic rings. The molecular weight excluding hydrogens is 1030 g/mol. The number of aromatic nitrogens is 4. The van der Waals surface area contributed by atoms with Crippen LogP contribution < -0.4 is 9.80 Å². The number of unbranched alkanes of at least 4 members (excludes halogenated alkanes) is 4. The molecule has 400 valence electrons. The van der Waals surface area contributed by atoms with Crippen molar-refractivity contribution in [3.63, 3.8) is 0 Å². The number of anilines is 6. The van der Waals surface area contributed by atoms with E-state index in [-0.39, 0.29) is 34.1 Å². The molecule has 4 heterocycles. The molecule has 0 aliphatic carbocycles. The van der Waals surface area contributed by atoms with E-state index in [1.54, 1.807) is 0 Å². The van der Waals surface area contributed by atoms with Gasteiger partial charge in [0.25, 0.3) is 0 Å². The van der Waals surface area contributed by atoms with Gasteiger partial charge < -0.3 is 34.5 Å². The SMILES string of the molecule is CC/C=C/CCCC.CC/C=C/CCCC.Cc1cc(C)c(N(c2ccccn2)c2ccccn2)c(C)c1.Cc1cc(C)c(N(c2ccccn2)c2ccccn2)c(C)c1.F[B-](F)(F)F.F[B-](F)(F)F.[Cu+].[Cu+]. The minimum Gasteiger partial charge on any atom is -0.418 e. The van der Waals surface area contributed by atoms with Crippen LogP contribution >= 0.6 is 0 Å². The second-order valence-corrected chi connectivity index (χ2v) is 16.0. The molecule has 0 spiro atoms. The van der Waals surface area contributed by atoms with Crippen LogP contribution in [0.5, 0.6) is 0 Å². The predicted octanol–water partition coefficient (Wildman–Crippen LogP) is 18.6. The topological polar surface area (TPSA) is 58.0 Å². The van der Waals surface area contributed by atoms with Crippen LogP contribution in [0.2, 0.25) is 0 Å². The molecule has 0 N–H and O–H groups in total. The Hall–Kier alpha value is -5.27. The first kappa shape index (κ1) is 68.8. The Bertz CT molecular complexity index is 2060. The molecule has 0 atom stereocenters. The van der Waals surface area contributed by atoms with Crippen molar-refractivity contribution in [2.45, 2.75) is 121 Å². The predicted molar refractivity (Wildman–Crippen MR) is 280 cm³/mol. The van der Waals surface area contributed by atoms with Gasteiger partial charge >= 0.3 is 48.6 Å². The molecule has 2 aromatic carbocycles. The summed E-state index contributed by atoms with van der Waals surface area (Å²) in [5.74, 6) is 3.49. The molecule has 0 saturated carbocycles. The van der Waals surface area contributed by atoms with Crippen molar-refractivity contribution in [3.05, 3.63) is 180 Å². The van der Waals surface area contributed by atoms with Gasteiger partial charge in [-0.25, -0.2) is 19.9 Å². The van der Waals surface area contributed by atoms with Gasteiger partial charge in [-0.1, -0.05) is 137 Å². The minimum atomic E-state index is -6.00. The monoisotopic (exact) mass is 1100 g/mol. The van der Waals surface area contributed by atoms with Gasteiger partial charge in [0.15, 0.2) is 0 Å². The molecule has 0 saturated heterocycles. The van der Waals surface area contributed by atoms with E-state index in [2.05, 4.69) is 148 Å². The van der Waals surface area contributed by atoms with Crippen LogP contribution in [0.4, 0.5) is 69.2 Å². The zero-order valence-electron chi connectivity index (χ0n) is 43.0. The zero-order valence-corrected chi connectivity index (χ0v) is 44.9. The molecule has 0 aliphatic heterocycles. The Labute approximate surface area is 445 Å². The number of allylic oxidation sites excluding steroid dienone is 4. The smallest absolute Gasteiger partial charge is 0.418 e. The Balaban J connectivity index is 0. The fourth-order valence-corrected chi connectivity index (χ4v) is 6.90. The van der Waals surface area contributed by atoms with E-state index in [4.69, 9.17) is 0 Å². The molecule has 0 unspecified atom stereocenters. The minimum absolute atomic E-state index is 0. The molecule has 6 nitrogen and oxygen atoms in total. The Morgan fingerprint density at radius 3 is 0.819 bits per heavy atom. The molecule has 6 rings (SSSR count). The van der Waals surface area contributed by atoms with E-state index in [0.29, 0.717) is 0 Å². The maximum atomic E-state index is 9.75. The maximum Gasteiger partial charge on any atom is 1.00 e. The molecule has 0 radical (unpaired) electrons. The summed E-state index contributed by atoms with van der Waals surface area (Å²) in [6, 6.07) is 32.5. The van der Waals surface area contributed by atoms with Crippen molar-refractivity contribution in [3.8, 4) is 0 Å². The number of hydrogen-bond donors (Lipinski definition) is 0. The van der Waals surface area contributed by atoms with E-state index in [0.717, 1.165) is 34.6 Å². The quantitative estimate of drug-likeness (QED) is 0.0469. The number of aryl methyl sites for hydroxylation is 6. The van der Waals surface area contributed by atoms with E-state index in [1.165, 1.54) is 84.7 Å². The normalized spacial score (nSPS) is 10.5. The number of hydrogen-bond acceptors (Lipinski definition) is 6. The average Bonchev–Trinajstić information content (AvgIpc) is 3.30. The number of benzene rings is 2. The molecule has 0 amide bonds. The van der Waals surface area contributed by atoms with E-state index < -0.39 is 14.5 Å². The van der Waals surface area contributed by atoms with Crippen LogP contribution in [-0.2, 0) is 34.1 Å². The second-order valence-electron chi connectivity index (χ2n) is 16.0. The summed E-state index contributed by atoms with van der Waals surface area (Å²) < 4.78 is 78.0. The molecule has 72 heavy (non-hydrogen) atoms. The summed E-state index contributed by atoms with van der Waals surface area (Å²) in [6.45, 7) is 21.6. The van der Waals surface area contributed by atoms with Gasteiger partial charge in [0.1, 0.15) is 23.3 Å². The van der Waals surface area contributed by atoms with Crippen molar-refractivity contribution in [2.24, 2.45) is 0 Å². The van der Waals surface area contributed by atoms with Gasteiger partial charge in [0.2, 0.25) is 0 Å². The molecular formula is C54H70B2Cu2F8N6. The summed E-state index contributed by atoms with van der Waals surface area (Å²) in [4.78, 5) is 22.3. The fourth-order valence-electron chi connectivity index (χ4n) is 6.90. The molecule has 0 fully saturated rings. The number of rotatable bonds is 14. The van der Waals surface area contributed by atoms with E-state index in [9.17, 15) is 34.5 Å². The first-order valence-corrected chi connectivity index (χ1v) is 23.6. The Morgan fingerprint density at radius 2 is 0.639 bits per heavy atom. The van der Waals surface area contributed by atoms with Crippen molar-refractivity contribution < 1.29 is 68.7 Å². The van der Waals surface area contributed by atoms with Crippen LogP contribution in [0.25, 0.3) is 0 Å². The van der Waals surface area contributed by atoms with Crippen molar-refractivity contribution in [1.29, 1.82) is 0 Å². The summed E-state index contributed by atoms with van der Waals surface area (Å²) in [5, 5.41) is 0. The average molecular weight is 1100 g/mol. The van der Waals surface area contributed by atoms with E-state index >= 15 is 0 Å². The van der Waals surface area contributed by atoms with Crippen molar-refractivity contribution in [1.82, 2.24) is 19.9 Å². The van der Waals surface area contributed by atoms with Crippen molar-refractivity contribution >= 4 is 49.2 Å². The number of pyridine rings is 4. The second kappa shape index (κ2) is 38.4. The van der Waals surface area contributed by atoms with E-state index in [1.807, 2.05) is 97.6 Å². The Morgan fingerprint density at radius 1 is 0.403 bits per heavy atom. The number of nitrogens with zero attached hydrogens (tertiary/aromatic N) is 6. The summed E-state index contributed by atoms with van der Waals surface area (Å²) in [7, 11) is -12.0. The molecule has 0 bridgehead atoms. The summed E-state index contributed by atoms with van der Waals surface area (Å²) in [5.41, 5.74) is 9.68. The fraction of sp³-hybridized carbons (Fsp3) is 0.333. The third kappa shape index (κ3) is 30.6. The van der Waals surface area contributed by atoms with Crippen LogP contribution in [-0.4, -0.2) is 34.4 Å². The first-order valence-electron chi connectivity index (χ1n) is 23.6. The van der Waals surface area contributed by atoms with Crippen LogP contribution in [0.1, 0.15) is 112 Å². The number of halogens is 8. The van der Waals surface area contributed by atoms with Gasteiger partial charge in [-0.3, -0.25) is 9.80 Å². The van der Waals surface area contributed by atoms with Crippen LogP contribution in [0, 0.1) is 41.5 Å². The van der Waals surface area contributed by atoms with Gasteiger partial charge in [-0.2, -0.15) is 0 Å². The first-order chi connectivity index (χ1) is 33.2. The summed E-state index contributed by atoms with van der Waals surface area (Å²) in [6.07, 6.45) is 26.5. The standard InChI is InChI=1S/2C19H19N3.2C8H16.2BF4.2Cu/c2*1-14-12-15(2)19(16(3)13-14)22(17-8-4-6-10-20-17)18-9-5-7-11-21-18;2*1-3-5-7-8-6-4-2;2*2-1(3,4)5;;/h2*4-13H,1-3H3;2*5,7H,3-4,6,8H2,1-2H3;;;;/q;;;;2*-1;2*+1/b;;2*7-5+;;;;. The molecule has 18 heteroatoms. The zero-order chi connectivity index (χ0) is 52.5. The third-order valence-corrected chi connectivity index (χ3v) is 9.48. The molecule has 4 aromatic heterocycles. The Kier molecular flexibility index (Phi) is 36.7. The van der Waals surface area contributed by atoms with Gasteiger partial charge in [0.05, 0.1) is 11.4 Å². The van der Waals surface area contributed by atoms with Crippen LogP contribution in [0.3, 0.4) is 0 Å². The van der Waals surface area contributed by atoms with Gasteiger partial charge in [-0.15, -0.1) is 0 Å². The largest absolute Gasteiger partial charge is 1.00 e. The molecule has 6 aromatic rings. The maximum absolute atomic E-state index is 9.75. The van der Waals surface area contributed by atoms with Gasteiger partial charge in [0, 0.05) is 24.8 Å². The summed E-state index contributed by atoms with van der Waals surface area (Å²) >= 11 is 0. The van der Waals surface area contributed by atoms with Crippen molar-refractivity contribution in [2.75, 3.05) is 9.80 Å². The van der Waals surface area contributed by atoms with Gasteiger partial charge in [-0.05, 0) is 138 Å². The van der Waals surface area contributed by atoms with Crippen LogP contribution in [0.15, 0.2) is 146 Å².